The third-order valence-electron chi connectivity index (χ3n) is 3.34. The number of fused-ring (bicyclic) bond motifs is 1. The van der Waals surface area contributed by atoms with Crippen molar-refractivity contribution in [3.63, 3.8) is 0 Å². The van der Waals surface area contributed by atoms with Crippen LogP contribution >= 0.6 is 0 Å². The minimum Gasteiger partial charge on any atom is -0.309 e. The molecule has 0 aliphatic carbocycles. The molecule has 96 valence electrons. The summed E-state index contributed by atoms with van der Waals surface area (Å²) in [6, 6.07) is 10.4. The highest BCUT2D eigenvalue weighted by Crippen LogP contribution is 2.27. The molecule has 0 amide bonds. The van der Waals surface area contributed by atoms with Crippen molar-refractivity contribution >= 4 is 10.9 Å². The predicted octanol–water partition coefficient (Wildman–Crippen LogP) is 2.28. The first-order chi connectivity index (χ1) is 9.29. The third-order valence-corrected chi connectivity index (χ3v) is 3.34. The first-order valence-corrected chi connectivity index (χ1v) is 6.29. The molecule has 0 radical (unpaired) electrons. The zero-order chi connectivity index (χ0) is 13.2. The van der Waals surface area contributed by atoms with Gasteiger partial charge in [-0.15, -0.1) is 0 Å². The van der Waals surface area contributed by atoms with E-state index in [9.17, 15) is 0 Å². The summed E-state index contributed by atoms with van der Waals surface area (Å²) in [6.07, 6.45) is 5.76. The zero-order valence-corrected chi connectivity index (χ0v) is 11.0. The monoisotopic (exact) mass is 252 g/mol. The molecule has 0 saturated carbocycles. The second-order valence-electron chi connectivity index (χ2n) is 4.59. The van der Waals surface area contributed by atoms with Crippen LogP contribution in [0.1, 0.15) is 17.2 Å². The van der Waals surface area contributed by atoms with Crippen LogP contribution in [-0.2, 0) is 7.05 Å². The Morgan fingerprint density at radius 3 is 2.84 bits per heavy atom. The van der Waals surface area contributed by atoms with Gasteiger partial charge in [0, 0.05) is 30.4 Å². The molecular formula is C15H16N4. The van der Waals surface area contributed by atoms with Crippen molar-refractivity contribution in [2.45, 2.75) is 6.04 Å². The van der Waals surface area contributed by atoms with E-state index >= 15 is 0 Å². The summed E-state index contributed by atoms with van der Waals surface area (Å²) in [5.41, 5.74) is 3.39. The van der Waals surface area contributed by atoms with Crippen LogP contribution < -0.4 is 5.32 Å². The average molecular weight is 252 g/mol. The highest BCUT2D eigenvalue weighted by Gasteiger charge is 2.16. The van der Waals surface area contributed by atoms with E-state index in [0.717, 1.165) is 11.1 Å². The van der Waals surface area contributed by atoms with Gasteiger partial charge in [-0.05, 0) is 24.7 Å². The maximum atomic E-state index is 4.41. The minimum atomic E-state index is 0.126. The lowest BCUT2D eigenvalue weighted by molar-refractivity contribution is 0.694. The number of rotatable bonds is 3. The molecule has 4 heteroatoms. The number of hydrogen-bond donors (Lipinski definition) is 1. The first-order valence-electron chi connectivity index (χ1n) is 6.29. The molecule has 1 aromatic carbocycles. The van der Waals surface area contributed by atoms with E-state index in [1.807, 2.05) is 55.6 Å². The van der Waals surface area contributed by atoms with Crippen LogP contribution in [0.3, 0.4) is 0 Å². The zero-order valence-electron chi connectivity index (χ0n) is 11.0. The smallest absolute Gasteiger partial charge is 0.0705 e. The van der Waals surface area contributed by atoms with Gasteiger partial charge in [-0.3, -0.25) is 9.67 Å². The summed E-state index contributed by atoms with van der Waals surface area (Å²) in [5, 5.41) is 8.79. The number of pyridine rings is 1. The minimum absolute atomic E-state index is 0.126. The maximum Gasteiger partial charge on any atom is 0.0705 e. The molecule has 1 unspecified atom stereocenters. The summed E-state index contributed by atoms with van der Waals surface area (Å²) in [4.78, 5) is 4.41. The predicted molar refractivity (Wildman–Crippen MR) is 75.9 cm³/mol. The Hall–Kier alpha value is -2.20. The number of aryl methyl sites for hydroxylation is 1. The topological polar surface area (TPSA) is 42.7 Å². The second-order valence-corrected chi connectivity index (χ2v) is 4.59. The fraction of sp³-hybridized carbons (Fsp3) is 0.200. The molecule has 3 aromatic rings. The first kappa shape index (κ1) is 11.9. The lowest BCUT2D eigenvalue weighted by atomic mass is 9.97. The summed E-state index contributed by atoms with van der Waals surface area (Å²) in [6.45, 7) is 0. The molecule has 2 heterocycles. The molecule has 0 bridgehead atoms. The van der Waals surface area contributed by atoms with E-state index in [0.29, 0.717) is 0 Å². The summed E-state index contributed by atoms with van der Waals surface area (Å²) in [5.74, 6) is 0. The van der Waals surface area contributed by atoms with Gasteiger partial charge in [0.15, 0.2) is 0 Å². The number of hydrogen-bond acceptors (Lipinski definition) is 3. The Balaban J connectivity index is 2.16. The van der Waals surface area contributed by atoms with Crippen LogP contribution in [0.2, 0.25) is 0 Å². The van der Waals surface area contributed by atoms with Crippen molar-refractivity contribution in [2.75, 3.05) is 7.05 Å². The van der Waals surface area contributed by atoms with Gasteiger partial charge in [-0.25, -0.2) is 0 Å². The van der Waals surface area contributed by atoms with E-state index in [2.05, 4.69) is 27.5 Å². The van der Waals surface area contributed by atoms with Gasteiger partial charge in [0.25, 0.3) is 0 Å². The van der Waals surface area contributed by atoms with Crippen molar-refractivity contribution in [3.8, 4) is 0 Å². The van der Waals surface area contributed by atoms with E-state index in [4.69, 9.17) is 0 Å². The largest absolute Gasteiger partial charge is 0.309 e. The third kappa shape index (κ3) is 2.11. The lowest BCUT2D eigenvalue weighted by Crippen LogP contribution is -2.17. The number of nitrogens with one attached hydrogen (secondary N) is 1. The Morgan fingerprint density at radius 2 is 2.11 bits per heavy atom. The molecule has 0 aliphatic heterocycles. The molecule has 4 nitrogen and oxygen atoms in total. The molecule has 0 saturated heterocycles. The number of nitrogens with zero attached hydrogens (tertiary/aromatic N) is 3. The van der Waals surface area contributed by atoms with Gasteiger partial charge in [0.2, 0.25) is 0 Å². The van der Waals surface area contributed by atoms with Crippen molar-refractivity contribution in [1.29, 1.82) is 0 Å². The average Bonchev–Trinajstić information content (AvgIpc) is 2.86. The van der Waals surface area contributed by atoms with E-state index in [-0.39, 0.29) is 6.04 Å². The van der Waals surface area contributed by atoms with Crippen LogP contribution in [-0.4, -0.2) is 21.8 Å². The second kappa shape index (κ2) is 4.82. The standard InChI is InChI=1S/C15H16N4/c1-16-15(11-9-18-19(2)10-11)13-5-3-7-14-12(13)6-4-8-17-14/h3-10,15-16H,1-2H3. The summed E-state index contributed by atoms with van der Waals surface area (Å²) < 4.78 is 1.82. The summed E-state index contributed by atoms with van der Waals surface area (Å²) >= 11 is 0. The van der Waals surface area contributed by atoms with Crippen LogP contribution in [0.25, 0.3) is 10.9 Å². The van der Waals surface area contributed by atoms with E-state index in [1.165, 1.54) is 10.9 Å². The van der Waals surface area contributed by atoms with Crippen molar-refractivity contribution < 1.29 is 0 Å². The molecule has 0 fully saturated rings. The Labute approximate surface area is 112 Å². The highest BCUT2D eigenvalue weighted by atomic mass is 15.2. The molecule has 1 atom stereocenters. The molecule has 19 heavy (non-hydrogen) atoms. The Bertz CT molecular complexity index is 697. The lowest BCUT2D eigenvalue weighted by Gasteiger charge is -2.17. The van der Waals surface area contributed by atoms with Gasteiger partial charge in [-0.2, -0.15) is 5.10 Å². The molecule has 2 aromatic heterocycles. The number of benzene rings is 1. The fourth-order valence-corrected chi connectivity index (χ4v) is 2.47. The highest BCUT2D eigenvalue weighted by molar-refractivity contribution is 5.82. The molecule has 0 spiro atoms. The van der Waals surface area contributed by atoms with Gasteiger partial charge < -0.3 is 5.32 Å². The van der Waals surface area contributed by atoms with Crippen LogP contribution in [0.5, 0.6) is 0 Å². The van der Waals surface area contributed by atoms with Gasteiger partial charge >= 0.3 is 0 Å². The van der Waals surface area contributed by atoms with Crippen LogP contribution in [0.15, 0.2) is 48.9 Å². The van der Waals surface area contributed by atoms with Gasteiger partial charge in [-0.1, -0.05) is 18.2 Å². The Kier molecular flexibility index (Phi) is 3.01. The fourth-order valence-electron chi connectivity index (χ4n) is 2.47. The summed E-state index contributed by atoms with van der Waals surface area (Å²) in [7, 11) is 3.90. The quantitative estimate of drug-likeness (QED) is 0.777. The van der Waals surface area contributed by atoms with Gasteiger partial charge in [0.05, 0.1) is 17.8 Å². The normalized spacial score (nSPS) is 12.7. The molecular weight excluding hydrogens is 236 g/mol. The van der Waals surface area contributed by atoms with E-state index in [1.54, 1.807) is 0 Å². The van der Waals surface area contributed by atoms with Crippen LogP contribution in [0, 0.1) is 0 Å². The van der Waals surface area contributed by atoms with E-state index < -0.39 is 0 Å². The van der Waals surface area contributed by atoms with Gasteiger partial charge in [0.1, 0.15) is 0 Å². The maximum absolute atomic E-state index is 4.41. The van der Waals surface area contributed by atoms with Crippen molar-refractivity contribution in [3.05, 3.63) is 60.0 Å². The molecule has 0 aliphatic rings. The van der Waals surface area contributed by atoms with Crippen molar-refractivity contribution in [1.82, 2.24) is 20.1 Å². The molecule has 1 N–H and O–H groups in total. The Morgan fingerprint density at radius 1 is 1.21 bits per heavy atom. The number of aromatic nitrogens is 3. The molecule has 3 rings (SSSR count). The van der Waals surface area contributed by atoms with Crippen LogP contribution in [0.4, 0.5) is 0 Å². The SMILES string of the molecule is CNC(c1cnn(C)c1)c1cccc2ncccc12. The van der Waals surface area contributed by atoms with Crippen molar-refractivity contribution in [2.24, 2.45) is 7.05 Å².